The van der Waals surface area contributed by atoms with Crippen molar-refractivity contribution in [2.24, 2.45) is 5.41 Å². The summed E-state index contributed by atoms with van der Waals surface area (Å²) in [6, 6.07) is 9.21. The molecule has 0 bridgehead atoms. The molecule has 1 rings (SSSR count). The summed E-state index contributed by atoms with van der Waals surface area (Å²) in [7, 11) is 2.03. The Labute approximate surface area is 113 Å². The molecule has 0 spiro atoms. The van der Waals surface area contributed by atoms with Crippen LogP contribution in [0.15, 0.2) is 24.3 Å². The molecule has 1 heteroatoms. The lowest BCUT2D eigenvalue weighted by atomic mass is 9.86. The maximum Gasteiger partial charge on any atom is -0.0000373 e. The zero-order chi connectivity index (χ0) is 13.6. The molecular weight excluding hydrogens is 218 g/mol. The summed E-state index contributed by atoms with van der Waals surface area (Å²) in [5.41, 5.74) is 3.31. The van der Waals surface area contributed by atoms with Crippen LogP contribution in [0.25, 0.3) is 0 Å². The van der Waals surface area contributed by atoms with Crippen LogP contribution in [-0.2, 0) is 6.42 Å². The van der Waals surface area contributed by atoms with Gasteiger partial charge in [-0.05, 0) is 55.3 Å². The van der Waals surface area contributed by atoms with Crippen LogP contribution >= 0.6 is 0 Å². The maximum absolute atomic E-state index is 3.28. The van der Waals surface area contributed by atoms with Crippen molar-refractivity contribution in [3.8, 4) is 0 Å². The minimum atomic E-state index is 0.379. The second kappa shape index (κ2) is 6.94. The molecule has 1 unspecified atom stereocenters. The van der Waals surface area contributed by atoms with Crippen molar-refractivity contribution in [3.05, 3.63) is 35.4 Å². The zero-order valence-corrected chi connectivity index (χ0v) is 12.7. The number of benzene rings is 1. The van der Waals surface area contributed by atoms with E-state index in [0.29, 0.717) is 11.3 Å². The van der Waals surface area contributed by atoms with Crippen LogP contribution < -0.4 is 5.32 Å². The Bertz CT molecular complexity index is 337. The summed E-state index contributed by atoms with van der Waals surface area (Å²) in [5.74, 6) is 0.680. The monoisotopic (exact) mass is 247 g/mol. The summed E-state index contributed by atoms with van der Waals surface area (Å²) in [6.45, 7) is 10.3. The highest BCUT2D eigenvalue weighted by molar-refractivity contribution is 5.25. The van der Waals surface area contributed by atoms with E-state index in [2.05, 4.69) is 57.3 Å². The first kappa shape index (κ1) is 15.2. The van der Waals surface area contributed by atoms with Crippen molar-refractivity contribution in [2.45, 2.75) is 52.9 Å². The highest BCUT2D eigenvalue weighted by atomic mass is 14.8. The molecule has 0 amide bonds. The molecule has 0 fully saturated rings. The van der Waals surface area contributed by atoms with Crippen molar-refractivity contribution in [2.75, 3.05) is 13.6 Å². The van der Waals surface area contributed by atoms with Gasteiger partial charge in [-0.1, -0.05) is 52.0 Å². The van der Waals surface area contributed by atoms with Crippen LogP contribution in [0.4, 0.5) is 0 Å². The van der Waals surface area contributed by atoms with Gasteiger partial charge in [-0.25, -0.2) is 0 Å². The molecule has 0 aliphatic rings. The van der Waals surface area contributed by atoms with Gasteiger partial charge in [0.15, 0.2) is 0 Å². The van der Waals surface area contributed by atoms with Gasteiger partial charge >= 0.3 is 0 Å². The predicted molar refractivity (Wildman–Crippen MR) is 81.2 cm³/mol. The van der Waals surface area contributed by atoms with E-state index < -0.39 is 0 Å². The minimum Gasteiger partial charge on any atom is -0.319 e. The van der Waals surface area contributed by atoms with Crippen LogP contribution in [-0.4, -0.2) is 13.6 Å². The smallest absolute Gasteiger partial charge is 0.0000373 e. The molecule has 0 aliphatic carbocycles. The minimum absolute atomic E-state index is 0.379. The third kappa shape index (κ3) is 4.81. The lowest BCUT2D eigenvalue weighted by molar-refractivity contribution is 0.324. The van der Waals surface area contributed by atoms with Crippen molar-refractivity contribution in [3.63, 3.8) is 0 Å². The Morgan fingerprint density at radius 3 is 2.28 bits per heavy atom. The third-order valence-electron chi connectivity index (χ3n) is 3.91. The summed E-state index contributed by atoms with van der Waals surface area (Å²) in [4.78, 5) is 0. The Kier molecular flexibility index (Phi) is 5.87. The molecule has 1 aromatic rings. The highest BCUT2D eigenvalue weighted by Gasteiger charge is 2.16. The first-order valence-corrected chi connectivity index (χ1v) is 7.22. The van der Waals surface area contributed by atoms with E-state index in [9.17, 15) is 0 Å². The average Bonchev–Trinajstić information content (AvgIpc) is 2.36. The van der Waals surface area contributed by atoms with E-state index in [1.54, 1.807) is 0 Å². The molecule has 0 aromatic heterocycles. The fourth-order valence-electron chi connectivity index (χ4n) is 2.30. The Morgan fingerprint density at radius 1 is 1.17 bits per heavy atom. The van der Waals surface area contributed by atoms with Crippen molar-refractivity contribution < 1.29 is 0 Å². The lowest BCUT2D eigenvalue weighted by Crippen LogP contribution is -2.27. The van der Waals surface area contributed by atoms with Crippen LogP contribution in [0.3, 0.4) is 0 Å². The number of hydrogen-bond acceptors (Lipinski definition) is 1. The summed E-state index contributed by atoms with van der Waals surface area (Å²) in [5, 5.41) is 3.28. The third-order valence-corrected chi connectivity index (χ3v) is 3.91. The van der Waals surface area contributed by atoms with Gasteiger partial charge in [0.1, 0.15) is 0 Å². The highest BCUT2D eigenvalue weighted by Crippen LogP contribution is 2.23. The second-order valence-electron chi connectivity index (χ2n) is 6.25. The van der Waals surface area contributed by atoms with Gasteiger partial charge < -0.3 is 5.32 Å². The van der Waals surface area contributed by atoms with Crippen LogP contribution in [0, 0.1) is 5.41 Å². The van der Waals surface area contributed by atoms with E-state index >= 15 is 0 Å². The van der Waals surface area contributed by atoms with Crippen LogP contribution in [0.5, 0.6) is 0 Å². The van der Waals surface area contributed by atoms with Gasteiger partial charge in [-0.3, -0.25) is 0 Å². The van der Waals surface area contributed by atoms with E-state index in [-0.39, 0.29) is 0 Å². The molecule has 0 saturated carbocycles. The van der Waals surface area contributed by atoms with Gasteiger partial charge in [-0.15, -0.1) is 0 Å². The molecule has 1 nitrogen and oxygen atoms in total. The molecule has 1 atom stereocenters. The van der Waals surface area contributed by atoms with Gasteiger partial charge in [0.2, 0.25) is 0 Å². The molecule has 0 saturated heterocycles. The van der Waals surface area contributed by atoms with Crippen molar-refractivity contribution >= 4 is 0 Å². The summed E-state index contributed by atoms with van der Waals surface area (Å²) < 4.78 is 0. The molecule has 0 heterocycles. The van der Waals surface area contributed by atoms with Crippen molar-refractivity contribution in [1.29, 1.82) is 0 Å². The standard InChI is InChI=1S/C17H29N/c1-6-14(2)16-9-7-15(8-10-16)11-12-17(3,4)13-18-5/h7-10,14,18H,6,11-13H2,1-5H3. The fraction of sp³-hybridized carbons (Fsp3) is 0.647. The fourth-order valence-corrected chi connectivity index (χ4v) is 2.30. The second-order valence-corrected chi connectivity index (χ2v) is 6.25. The average molecular weight is 247 g/mol. The topological polar surface area (TPSA) is 12.0 Å². The van der Waals surface area contributed by atoms with E-state index in [0.717, 1.165) is 6.54 Å². The molecule has 102 valence electrons. The largest absolute Gasteiger partial charge is 0.319 e. The SMILES string of the molecule is CCC(C)c1ccc(CCC(C)(C)CNC)cc1. The van der Waals surface area contributed by atoms with Gasteiger partial charge in [0.05, 0.1) is 0 Å². The van der Waals surface area contributed by atoms with Crippen molar-refractivity contribution in [1.82, 2.24) is 5.32 Å². The number of hydrogen-bond donors (Lipinski definition) is 1. The molecule has 1 aromatic carbocycles. The predicted octanol–water partition coefficient (Wildman–Crippen LogP) is 4.38. The molecule has 1 N–H and O–H groups in total. The molecular formula is C17H29N. The summed E-state index contributed by atoms with van der Waals surface area (Å²) in [6.07, 6.45) is 3.63. The normalized spacial score (nSPS) is 13.6. The Hall–Kier alpha value is -0.820. The van der Waals surface area contributed by atoms with Crippen LogP contribution in [0.2, 0.25) is 0 Å². The van der Waals surface area contributed by atoms with Gasteiger partial charge in [0, 0.05) is 0 Å². The quantitative estimate of drug-likeness (QED) is 0.754. The first-order valence-electron chi connectivity index (χ1n) is 7.22. The Morgan fingerprint density at radius 2 is 1.78 bits per heavy atom. The summed E-state index contributed by atoms with van der Waals surface area (Å²) >= 11 is 0. The molecule has 0 aliphatic heterocycles. The molecule has 0 radical (unpaired) electrons. The van der Waals surface area contributed by atoms with Gasteiger partial charge in [-0.2, -0.15) is 0 Å². The van der Waals surface area contributed by atoms with E-state index in [1.807, 2.05) is 7.05 Å². The van der Waals surface area contributed by atoms with E-state index in [4.69, 9.17) is 0 Å². The molecule has 18 heavy (non-hydrogen) atoms. The van der Waals surface area contributed by atoms with E-state index in [1.165, 1.54) is 30.4 Å². The van der Waals surface area contributed by atoms with Gasteiger partial charge in [0.25, 0.3) is 0 Å². The number of aryl methyl sites for hydroxylation is 1. The lowest BCUT2D eigenvalue weighted by Gasteiger charge is -2.24. The zero-order valence-electron chi connectivity index (χ0n) is 12.7. The number of nitrogens with one attached hydrogen (secondary N) is 1. The maximum atomic E-state index is 3.28. The van der Waals surface area contributed by atoms with Crippen LogP contribution in [0.1, 0.15) is 57.6 Å². The number of rotatable bonds is 7. The Balaban J connectivity index is 2.54. The first-order chi connectivity index (χ1) is 8.48.